The number of fused-ring (bicyclic) bond motifs is 1. The van der Waals surface area contributed by atoms with Gasteiger partial charge in [-0.15, -0.1) is 12.4 Å². The number of β-amino-alcohol motifs (C(OH)–C–C–N with tert-alkyl or cyclic N) is 1. The average molecular weight is 487 g/mol. The van der Waals surface area contributed by atoms with Gasteiger partial charge < -0.3 is 14.6 Å². The first-order chi connectivity index (χ1) is 14.5. The van der Waals surface area contributed by atoms with Gasteiger partial charge >= 0.3 is 0 Å². The highest BCUT2D eigenvalue weighted by Gasteiger charge is 2.26. The average Bonchev–Trinajstić information content (AvgIpc) is 2.75. The second-order valence-electron chi connectivity index (χ2n) is 7.35. The summed E-state index contributed by atoms with van der Waals surface area (Å²) in [6, 6.07) is 16.5. The maximum Gasteiger partial charge on any atom is 0.142 e. The Bertz CT molecular complexity index is 1030. The lowest BCUT2D eigenvalue weighted by Gasteiger charge is -2.34. The van der Waals surface area contributed by atoms with Crippen molar-refractivity contribution in [3.63, 3.8) is 0 Å². The van der Waals surface area contributed by atoms with Crippen LogP contribution in [0.1, 0.15) is 11.7 Å². The molecule has 0 aliphatic carbocycles. The van der Waals surface area contributed by atoms with Gasteiger partial charge in [0.25, 0.3) is 0 Å². The lowest BCUT2D eigenvalue weighted by molar-refractivity contribution is -0.0459. The monoisotopic (exact) mass is 485 g/mol. The van der Waals surface area contributed by atoms with E-state index in [4.69, 9.17) is 32.7 Å². The smallest absolute Gasteiger partial charge is 0.142 e. The SMILES string of the molecule is Cl.OC(COc1cccc2ccccc12)CN1CCOC(c2cc(F)c(Cl)cc2Cl)C1. The molecule has 1 saturated heterocycles. The van der Waals surface area contributed by atoms with Crippen molar-refractivity contribution in [1.82, 2.24) is 4.90 Å². The summed E-state index contributed by atoms with van der Waals surface area (Å²) >= 11 is 12.0. The molecule has 0 bridgehead atoms. The molecule has 2 atom stereocenters. The van der Waals surface area contributed by atoms with Crippen LogP contribution >= 0.6 is 35.6 Å². The third-order valence-corrected chi connectivity index (χ3v) is 5.80. The standard InChI is InChI=1S/C23H22Cl2FNO3.ClH/c24-19-11-20(25)21(26)10-18(19)23-13-27(8-9-29-23)12-16(28)14-30-22-7-3-5-15-4-1-2-6-17(15)22;/h1-7,10-11,16,23,28H,8-9,12-14H2;1H. The van der Waals surface area contributed by atoms with Gasteiger partial charge in [-0.05, 0) is 23.6 Å². The van der Waals surface area contributed by atoms with Crippen molar-refractivity contribution < 1.29 is 19.0 Å². The van der Waals surface area contributed by atoms with Crippen molar-refractivity contribution in [2.45, 2.75) is 12.2 Å². The first kappa shape index (κ1) is 24.1. The minimum absolute atomic E-state index is 0. The molecular weight excluding hydrogens is 464 g/mol. The van der Waals surface area contributed by atoms with Crippen molar-refractivity contribution in [1.29, 1.82) is 0 Å². The molecule has 2 unspecified atom stereocenters. The zero-order valence-corrected chi connectivity index (χ0v) is 19.0. The molecule has 1 aliphatic rings. The van der Waals surface area contributed by atoms with Crippen LogP contribution in [-0.2, 0) is 4.74 Å². The van der Waals surface area contributed by atoms with E-state index in [1.807, 2.05) is 42.5 Å². The zero-order valence-electron chi connectivity index (χ0n) is 16.6. The molecule has 0 radical (unpaired) electrons. The van der Waals surface area contributed by atoms with E-state index < -0.39 is 11.9 Å². The third-order valence-electron chi connectivity index (χ3n) is 5.19. The summed E-state index contributed by atoms with van der Waals surface area (Å²) in [4.78, 5) is 2.06. The van der Waals surface area contributed by atoms with Gasteiger partial charge in [0.15, 0.2) is 0 Å². The number of halogens is 4. The van der Waals surface area contributed by atoms with Crippen LogP contribution in [0.5, 0.6) is 5.75 Å². The van der Waals surface area contributed by atoms with Gasteiger partial charge in [0, 0.05) is 35.6 Å². The van der Waals surface area contributed by atoms with Crippen LogP contribution in [0.2, 0.25) is 10.0 Å². The van der Waals surface area contributed by atoms with Crippen LogP contribution in [0.3, 0.4) is 0 Å². The molecule has 3 aromatic carbocycles. The number of benzene rings is 3. The molecule has 4 nitrogen and oxygen atoms in total. The largest absolute Gasteiger partial charge is 0.490 e. The molecule has 4 rings (SSSR count). The molecule has 1 aliphatic heterocycles. The van der Waals surface area contributed by atoms with Crippen molar-refractivity contribution in [3.05, 3.63) is 76.0 Å². The molecule has 0 aromatic heterocycles. The Balaban J connectivity index is 0.00000272. The topological polar surface area (TPSA) is 41.9 Å². The number of hydrogen-bond acceptors (Lipinski definition) is 4. The summed E-state index contributed by atoms with van der Waals surface area (Å²) in [5.41, 5.74) is 0.560. The van der Waals surface area contributed by atoms with Gasteiger partial charge in [-0.2, -0.15) is 0 Å². The highest BCUT2D eigenvalue weighted by atomic mass is 35.5. The predicted octanol–water partition coefficient (Wildman–Crippen LogP) is 5.52. The Hall–Kier alpha value is -1.60. The van der Waals surface area contributed by atoms with Gasteiger partial charge in [-0.3, -0.25) is 4.90 Å². The Morgan fingerprint density at radius 2 is 1.90 bits per heavy atom. The second-order valence-corrected chi connectivity index (χ2v) is 8.16. The van der Waals surface area contributed by atoms with Crippen molar-refractivity contribution in [2.75, 3.05) is 32.8 Å². The fourth-order valence-electron chi connectivity index (χ4n) is 3.70. The van der Waals surface area contributed by atoms with Crippen molar-refractivity contribution in [2.24, 2.45) is 0 Å². The van der Waals surface area contributed by atoms with E-state index in [2.05, 4.69) is 4.90 Å². The van der Waals surface area contributed by atoms with E-state index in [0.717, 1.165) is 16.5 Å². The molecule has 3 aromatic rings. The fraction of sp³-hybridized carbons (Fsp3) is 0.304. The van der Waals surface area contributed by atoms with Gasteiger partial charge in [0.05, 0.1) is 17.7 Å². The lowest BCUT2D eigenvalue weighted by atomic mass is 10.1. The molecule has 0 spiro atoms. The fourth-order valence-corrected chi connectivity index (χ4v) is 4.20. The molecule has 31 heavy (non-hydrogen) atoms. The quantitative estimate of drug-likeness (QED) is 0.466. The van der Waals surface area contributed by atoms with E-state index in [0.29, 0.717) is 36.8 Å². The Morgan fingerprint density at radius 3 is 2.74 bits per heavy atom. The molecule has 0 amide bonds. The summed E-state index contributed by atoms with van der Waals surface area (Å²) < 4.78 is 25.5. The van der Waals surface area contributed by atoms with Gasteiger partial charge in [-0.1, -0.05) is 59.6 Å². The minimum Gasteiger partial charge on any atom is -0.490 e. The molecule has 166 valence electrons. The first-order valence-corrected chi connectivity index (χ1v) is 10.5. The number of nitrogens with zero attached hydrogens (tertiary/aromatic N) is 1. The summed E-state index contributed by atoms with van der Waals surface area (Å²) in [6.07, 6.45) is -1.07. The lowest BCUT2D eigenvalue weighted by Crippen LogP contribution is -2.43. The second kappa shape index (κ2) is 10.8. The summed E-state index contributed by atoms with van der Waals surface area (Å²) in [6.45, 7) is 2.20. The number of aliphatic hydroxyl groups is 1. The molecular formula is C23H23Cl3FNO3. The number of rotatable bonds is 6. The van der Waals surface area contributed by atoms with Crippen molar-refractivity contribution in [3.8, 4) is 5.75 Å². The van der Waals surface area contributed by atoms with Gasteiger partial charge in [0.1, 0.15) is 24.3 Å². The summed E-state index contributed by atoms with van der Waals surface area (Å²) in [7, 11) is 0. The highest BCUT2D eigenvalue weighted by molar-refractivity contribution is 6.35. The number of aliphatic hydroxyl groups excluding tert-OH is 1. The van der Waals surface area contributed by atoms with Crippen LogP contribution in [-0.4, -0.2) is 49.0 Å². The molecule has 1 N–H and O–H groups in total. The first-order valence-electron chi connectivity index (χ1n) is 9.78. The third kappa shape index (κ3) is 5.80. The summed E-state index contributed by atoms with van der Waals surface area (Å²) in [5, 5.41) is 13.0. The maximum atomic E-state index is 13.9. The van der Waals surface area contributed by atoms with Gasteiger partial charge in [-0.25, -0.2) is 4.39 Å². The van der Waals surface area contributed by atoms with E-state index >= 15 is 0 Å². The molecule has 8 heteroatoms. The predicted molar refractivity (Wildman–Crippen MR) is 124 cm³/mol. The van der Waals surface area contributed by atoms with Crippen LogP contribution < -0.4 is 4.74 Å². The Labute approximate surface area is 196 Å². The normalized spacial score (nSPS) is 17.9. The minimum atomic E-state index is -0.680. The van der Waals surface area contributed by atoms with Crippen LogP contribution in [0.15, 0.2) is 54.6 Å². The van der Waals surface area contributed by atoms with E-state index in [9.17, 15) is 9.50 Å². The van der Waals surface area contributed by atoms with Crippen LogP contribution in [0, 0.1) is 5.82 Å². The molecule has 1 heterocycles. The van der Waals surface area contributed by atoms with E-state index in [1.54, 1.807) is 0 Å². The van der Waals surface area contributed by atoms with Crippen LogP contribution in [0.4, 0.5) is 4.39 Å². The van der Waals surface area contributed by atoms with Crippen molar-refractivity contribution >= 4 is 46.4 Å². The number of morpholine rings is 1. The summed E-state index contributed by atoms with van der Waals surface area (Å²) in [5.74, 6) is 0.218. The highest BCUT2D eigenvalue weighted by Crippen LogP contribution is 2.32. The van der Waals surface area contributed by atoms with Crippen LogP contribution in [0.25, 0.3) is 10.8 Å². The molecule has 0 saturated carbocycles. The zero-order chi connectivity index (χ0) is 21.1. The van der Waals surface area contributed by atoms with E-state index in [-0.39, 0.29) is 30.1 Å². The van der Waals surface area contributed by atoms with E-state index in [1.165, 1.54) is 12.1 Å². The Morgan fingerprint density at radius 1 is 1.13 bits per heavy atom. The maximum absolute atomic E-state index is 13.9. The molecule has 1 fully saturated rings. The van der Waals surface area contributed by atoms with Gasteiger partial charge in [0.2, 0.25) is 0 Å². The number of hydrogen-bond donors (Lipinski definition) is 1. The number of ether oxygens (including phenoxy) is 2. The Kier molecular flexibility index (Phi) is 8.39.